The summed E-state index contributed by atoms with van der Waals surface area (Å²) in [6.07, 6.45) is 3.17. The van der Waals surface area contributed by atoms with E-state index < -0.39 is 0 Å². The van der Waals surface area contributed by atoms with Crippen molar-refractivity contribution in [3.05, 3.63) is 97.1 Å². The minimum atomic E-state index is -0.109. The van der Waals surface area contributed by atoms with E-state index in [1.807, 2.05) is 90.8 Å². The Kier molecular flexibility index (Phi) is 6.57. The van der Waals surface area contributed by atoms with E-state index in [9.17, 15) is 4.79 Å². The largest absolute Gasteiger partial charge is 0.455 e. The maximum Gasteiger partial charge on any atom is 0.238 e. The zero-order valence-electron chi connectivity index (χ0n) is 18.1. The molecule has 1 unspecified atom stereocenters. The molecular formula is C25H25N5O2. The van der Waals surface area contributed by atoms with Gasteiger partial charge >= 0.3 is 0 Å². The molecule has 1 N–H and O–H groups in total. The highest BCUT2D eigenvalue weighted by atomic mass is 16.5. The number of rotatable bonds is 8. The number of carbonyl (C=O) groups is 1. The fourth-order valence-electron chi connectivity index (χ4n) is 3.33. The summed E-state index contributed by atoms with van der Waals surface area (Å²) < 4.78 is 7.64. The zero-order chi connectivity index (χ0) is 22.3. The van der Waals surface area contributed by atoms with E-state index in [-0.39, 0.29) is 18.5 Å². The van der Waals surface area contributed by atoms with Gasteiger partial charge < -0.3 is 10.1 Å². The molecule has 32 heavy (non-hydrogen) atoms. The van der Waals surface area contributed by atoms with E-state index in [0.717, 1.165) is 11.3 Å². The smallest absolute Gasteiger partial charge is 0.238 e. The predicted molar refractivity (Wildman–Crippen MR) is 124 cm³/mol. The third-order valence-corrected chi connectivity index (χ3v) is 5.25. The van der Waals surface area contributed by atoms with Gasteiger partial charge in [0.25, 0.3) is 0 Å². The molecular weight excluding hydrogens is 402 g/mol. The number of carbonyl (C=O) groups excluding carboxylic acids is 1. The van der Waals surface area contributed by atoms with Gasteiger partial charge in [0, 0.05) is 6.04 Å². The van der Waals surface area contributed by atoms with Gasteiger partial charge in [0.15, 0.2) is 5.75 Å². The molecule has 7 heteroatoms. The molecule has 0 aliphatic carbocycles. The number of para-hydroxylation sites is 3. The Morgan fingerprint density at radius 2 is 1.75 bits per heavy atom. The fraction of sp³-hybridized carbons (Fsp3) is 0.160. The maximum absolute atomic E-state index is 12.7. The Labute approximate surface area is 187 Å². The van der Waals surface area contributed by atoms with Crippen molar-refractivity contribution >= 4 is 11.6 Å². The van der Waals surface area contributed by atoms with Crippen molar-refractivity contribution in [3.63, 3.8) is 0 Å². The molecule has 4 aromatic rings. The predicted octanol–water partition coefficient (Wildman–Crippen LogP) is 4.69. The van der Waals surface area contributed by atoms with Gasteiger partial charge in [0.1, 0.15) is 18.4 Å². The first-order valence-corrected chi connectivity index (χ1v) is 10.4. The molecule has 0 bridgehead atoms. The van der Waals surface area contributed by atoms with Crippen LogP contribution in [0, 0.1) is 0 Å². The lowest BCUT2D eigenvalue weighted by atomic mass is 10.1. The van der Waals surface area contributed by atoms with Gasteiger partial charge in [0.2, 0.25) is 5.91 Å². The van der Waals surface area contributed by atoms with E-state index in [0.29, 0.717) is 17.2 Å². The monoisotopic (exact) mass is 427 g/mol. The van der Waals surface area contributed by atoms with Gasteiger partial charge in [0.05, 0.1) is 17.9 Å². The Morgan fingerprint density at radius 3 is 2.47 bits per heavy atom. The van der Waals surface area contributed by atoms with Crippen LogP contribution in [-0.4, -0.2) is 39.2 Å². The quantitative estimate of drug-likeness (QED) is 0.442. The van der Waals surface area contributed by atoms with Gasteiger partial charge in [-0.15, -0.1) is 0 Å². The summed E-state index contributed by atoms with van der Waals surface area (Å²) >= 11 is 0. The standard InChI is InChI=1S/C25H25N5O2/c1-19(20-12-14-21(15-13-20)30-18-26-17-27-30)29(2)16-25(31)28-23-10-6-7-11-24(23)32-22-8-4-3-5-9-22/h3-15,17-19H,16H2,1-2H3,(H,28,31). The number of hydrogen-bond donors (Lipinski definition) is 1. The van der Waals surface area contributed by atoms with Gasteiger partial charge in [-0.1, -0.05) is 42.5 Å². The fourth-order valence-corrected chi connectivity index (χ4v) is 3.33. The molecule has 162 valence electrons. The number of aromatic nitrogens is 3. The Hall–Kier alpha value is -3.97. The second-order valence-corrected chi connectivity index (χ2v) is 7.48. The molecule has 1 amide bonds. The van der Waals surface area contributed by atoms with Crippen molar-refractivity contribution in [1.82, 2.24) is 19.7 Å². The maximum atomic E-state index is 12.7. The molecule has 4 rings (SSSR count). The Balaban J connectivity index is 1.38. The second kappa shape index (κ2) is 9.89. The van der Waals surface area contributed by atoms with Crippen LogP contribution < -0.4 is 10.1 Å². The van der Waals surface area contributed by atoms with E-state index in [1.165, 1.54) is 6.33 Å². The normalized spacial score (nSPS) is 11.8. The minimum Gasteiger partial charge on any atom is -0.455 e. The molecule has 0 aliphatic rings. The molecule has 1 heterocycles. The average molecular weight is 428 g/mol. The zero-order valence-corrected chi connectivity index (χ0v) is 18.1. The lowest BCUT2D eigenvalue weighted by molar-refractivity contribution is -0.117. The van der Waals surface area contributed by atoms with Crippen molar-refractivity contribution < 1.29 is 9.53 Å². The van der Waals surface area contributed by atoms with Crippen LogP contribution in [0.2, 0.25) is 0 Å². The summed E-state index contributed by atoms with van der Waals surface area (Å²) in [5.41, 5.74) is 2.69. The van der Waals surface area contributed by atoms with Crippen LogP contribution in [0.3, 0.4) is 0 Å². The highest BCUT2D eigenvalue weighted by molar-refractivity contribution is 5.93. The van der Waals surface area contributed by atoms with Gasteiger partial charge in [-0.25, -0.2) is 9.67 Å². The summed E-state index contributed by atoms with van der Waals surface area (Å²) in [5, 5.41) is 7.11. The summed E-state index contributed by atoms with van der Waals surface area (Å²) in [5.74, 6) is 1.21. The molecule has 0 aliphatic heterocycles. The van der Waals surface area contributed by atoms with Crippen LogP contribution in [0.25, 0.3) is 5.69 Å². The Bertz CT molecular complexity index is 1140. The van der Waals surface area contributed by atoms with E-state index >= 15 is 0 Å². The number of ether oxygens (including phenoxy) is 1. The molecule has 1 atom stereocenters. The molecule has 0 saturated carbocycles. The summed E-state index contributed by atoms with van der Waals surface area (Å²) in [4.78, 5) is 18.7. The van der Waals surface area contributed by atoms with Crippen LogP contribution in [0.5, 0.6) is 11.5 Å². The van der Waals surface area contributed by atoms with Crippen molar-refractivity contribution in [2.75, 3.05) is 18.9 Å². The topological polar surface area (TPSA) is 72.3 Å². The van der Waals surface area contributed by atoms with Crippen molar-refractivity contribution in [2.45, 2.75) is 13.0 Å². The van der Waals surface area contributed by atoms with Gasteiger partial charge in [-0.05, 0) is 55.9 Å². The third kappa shape index (κ3) is 5.19. The number of benzene rings is 3. The van der Waals surface area contributed by atoms with Crippen LogP contribution in [0.4, 0.5) is 5.69 Å². The molecule has 3 aromatic carbocycles. The lowest BCUT2D eigenvalue weighted by Gasteiger charge is -2.25. The number of likely N-dealkylation sites (N-methyl/N-ethyl adjacent to an activating group) is 1. The average Bonchev–Trinajstić information content (AvgIpc) is 3.36. The number of anilines is 1. The number of nitrogens with one attached hydrogen (secondary N) is 1. The van der Waals surface area contributed by atoms with Crippen LogP contribution in [-0.2, 0) is 4.79 Å². The van der Waals surface area contributed by atoms with E-state index in [4.69, 9.17) is 4.74 Å². The second-order valence-electron chi connectivity index (χ2n) is 7.48. The van der Waals surface area contributed by atoms with Crippen LogP contribution in [0.15, 0.2) is 91.5 Å². The van der Waals surface area contributed by atoms with Crippen LogP contribution >= 0.6 is 0 Å². The first-order chi connectivity index (χ1) is 15.6. The Morgan fingerprint density at radius 1 is 1.03 bits per heavy atom. The molecule has 0 radical (unpaired) electrons. The summed E-state index contributed by atoms with van der Waals surface area (Å²) in [6, 6.07) is 25.0. The number of nitrogens with zero attached hydrogens (tertiary/aromatic N) is 4. The highest BCUT2D eigenvalue weighted by Crippen LogP contribution is 2.29. The van der Waals surface area contributed by atoms with E-state index in [2.05, 4.69) is 22.3 Å². The first-order valence-electron chi connectivity index (χ1n) is 10.4. The highest BCUT2D eigenvalue weighted by Gasteiger charge is 2.16. The van der Waals surface area contributed by atoms with Gasteiger partial charge in [-0.3, -0.25) is 9.69 Å². The van der Waals surface area contributed by atoms with Crippen molar-refractivity contribution in [3.8, 4) is 17.2 Å². The molecule has 7 nitrogen and oxygen atoms in total. The molecule has 0 spiro atoms. The lowest BCUT2D eigenvalue weighted by Crippen LogP contribution is -2.32. The number of amides is 1. The third-order valence-electron chi connectivity index (χ3n) is 5.25. The van der Waals surface area contributed by atoms with Crippen molar-refractivity contribution in [2.24, 2.45) is 0 Å². The minimum absolute atomic E-state index is 0.0568. The van der Waals surface area contributed by atoms with Crippen LogP contribution in [0.1, 0.15) is 18.5 Å². The molecule has 0 saturated heterocycles. The molecule has 0 fully saturated rings. The van der Waals surface area contributed by atoms with E-state index in [1.54, 1.807) is 11.0 Å². The summed E-state index contributed by atoms with van der Waals surface area (Å²) in [7, 11) is 1.93. The first kappa shape index (κ1) is 21.3. The SMILES string of the molecule is CC(c1ccc(-n2cncn2)cc1)N(C)CC(=O)Nc1ccccc1Oc1ccccc1. The molecule has 1 aromatic heterocycles. The number of hydrogen-bond acceptors (Lipinski definition) is 5. The van der Waals surface area contributed by atoms with Crippen molar-refractivity contribution in [1.29, 1.82) is 0 Å². The van der Waals surface area contributed by atoms with Gasteiger partial charge in [-0.2, -0.15) is 5.10 Å². The summed E-state index contributed by atoms with van der Waals surface area (Å²) in [6.45, 7) is 2.32.